The van der Waals surface area contributed by atoms with Crippen molar-refractivity contribution in [3.8, 4) is 5.69 Å². The van der Waals surface area contributed by atoms with Gasteiger partial charge < -0.3 is 10.3 Å². The molecule has 0 aliphatic rings. The summed E-state index contributed by atoms with van der Waals surface area (Å²) in [7, 11) is 0. The van der Waals surface area contributed by atoms with E-state index in [0.29, 0.717) is 33.2 Å². The first-order valence-corrected chi connectivity index (χ1v) is 11.5. The summed E-state index contributed by atoms with van der Waals surface area (Å²) in [4.78, 5) is 41.4. The third-order valence-corrected chi connectivity index (χ3v) is 5.94. The van der Waals surface area contributed by atoms with Crippen molar-refractivity contribution >= 4 is 45.7 Å². The van der Waals surface area contributed by atoms with Crippen LogP contribution in [-0.4, -0.2) is 40.4 Å². The number of para-hydroxylation sites is 1. The predicted molar refractivity (Wildman–Crippen MR) is 128 cm³/mol. The Labute approximate surface area is 195 Å². The quantitative estimate of drug-likeness (QED) is 0.290. The summed E-state index contributed by atoms with van der Waals surface area (Å²) < 4.78 is 2.96. The second-order valence-corrected chi connectivity index (χ2v) is 8.33. The highest BCUT2D eigenvalue weighted by Gasteiger charge is 2.22. The van der Waals surface area contributed by atoms with Crippen LogP contribution in [-0.2, 0) is 0 Å². The molecule has 0 bridgehead atoms. The van der Waals surface area contributed by atoms with Gasteiger partial charge in [0.2, 0.25) is 0 Å². The minimum Gasteiger partial charge on any atom is -0.359 e. The zero-order valence-electron chi connectivity index (χ0n) is 17.5. The lowest BCUT2D eigenvalue weighted by molar-refractivity contribution is 0.672. The molecule has 2 N–H and O–H groups in total. The van der Waals surface area contributed by atoms with Crippen molar-refractivity contribution in [2.45, 2.75) is 18.1 Å². The maximum absolute atomic E-state index is 13.5. The van der Waals surface area contributed by atoms with Gasteiger partial charge in [0.05, 0.1) is 23.1 Å². The van der Waals surface area contributed by atoms with Crippen molar-refractivity contribution in [2.75, 3.05) is 11.6 Å². The summed E-state index contributed by atoms with van der Waals surface area (Å²) in [6.07, 6.45) is 4.77. The van der Waals surface area contributed by atoms with Crippen LogP contribution in [0.4, 0.5) is 5.82 Å². The number of hydrogen-bond acceptors (Lipinski definition) is 8. The van der Waals surface area contributed by atoms with Crippen LogP contribution in [0.2, 0.25) is 5.02 Å². The molecule has 166 valence electrons. The largest absolute Gasteiger partial charge is 0.359 e. The summed E-state index contributed by atoms with van der Waals surface area (Å²) >= 11 is 7.60. The fourth-order valence-electron chi connectivity index (χ4n) is 3.58. The smallest absolute Gasteiger partial charge is 0.285 e. The Hall–Kier alpha value is -3.70. The van der Waals surface area contributed by atoms with Crippen LogP contribution in [0.1, 0.15) is 18.8 Å². The Morgan fingerprint density at radius 1 is 1.15 bits per heavy atom. The van der Waals surface area contributed by atoms with Gasteiger partial charge in [0, 0.05) is 6.20 Å². The van der Waals surface area contributed by atoms with Crippen molar-refractivity contribution in [3.05, 3.63) is 80.5 Å². The minimum absolute atomic E-state index is 0.223. The first-order chi connectivity index (χ1) is 16.0. The molecule has 4 aromatic heterocycles. The summed E-state index contributed by atoms with van der Waals surface area (Å²) in [5.74, 6) is 0.703. The molecule has 0 aliphatic carbocycles. The van der Waals surface area contributed by atoms with Crippen LogP contribution in [0, 0.1) is 0 Å². The molecule has 0 saturated heterocycles. The van der Waals surface area contributed by atoms with E-state index in [1.807, 2.05) is 43.5 Å². The Balaban J connectivity index is 1.71. The fraction of sp³-hybridized carbons (Fsp3) is 0.143. The molecule has 12 heteroatoms. The van der Waals surface area contributed by atoms with Crippen LogP contribution in [0.3, 0.4) is 0 Å². The number of thioether (sulfide) groups is 1. The van der Waals surface area contributed by atoms with Crippen molar-refractivity contribution in [3.63, 3.8) is 0 Å². The predicted octanol–water partition coefficient (Wildman–Crippen LogP) is 3.06. The summed E-state index contributed by atoms with van der Waals surface area (Å²) in [6.45, 7) is 1.83. The van der Waals surface area contributed by atoms with E-state index < -0.39 is 11.6 Å². The van der Waals surface area contributed by atoms with Gasteiger partial charge in [-0.15, -0.1) is 0 Å². The number of H-pyrrole nitrogens is 1. The second-order valence-electron chi connectivity index (χ2n) is 7.15. The van der Waals surface area contributed by atoms with Crippen LogP contribution in [0.25, 0.3) is 22.2 Å². The van der Waals surface area contributed by atoms with Crippen LogP contribution >= 0.6 is 23.4 Å². The van der Waals surface area contributed by atoms with Gasteiger partial charge in [-0.1, -0.05) is 41.6 Å². The number of hydrogen-bond donors (Lipinski definition) is 2. The second kappa shape index (κ2) is 8.34. The summed E-state index contributed by atoms with van der Waals surface area (Å²) in [5.41, 5.74) is 0.494. The van der Waals surface area contributed by atoms with E-state index in [4.69, 9.17) is 11.6 Å². The van der Waals surface area contributed by atoms with E-state index in [2.05, 4.69) is 30.4 Å². The zero-order valence-corrected chi connectivity index (χ0v) is 19.1. The highest BCUT2D eigenvalue weighted by atomic mass is 35.5. The van der Waals surface area contributed by atoms with E-state index in [1.54, 1.807) is 12.3 Å². The fourth-order valence-corrected chi connectivity index (χ4v) is 4.17. The number of nitrogens with one attached hydrogen (secondary N) is 2. The van der Waals surface area contributed by atoms with Crippen molar-refractivity contribution < 1.29 is 0 Å². The van der Waals surface area contributed by atoms with E-state index in [-0.39, 0.29) is 16.5 Å². The Morgan fingerprint density at radius 2 is 1.94 bits per heavy atom. The van der Waals surface area contributed by atoms with Gasteiger partial charge >= 0.3 is 0 Å². The molecule has 0 amide bonds. The minimum atomic E-state index is -0.532. The lowest BCUT2D eigenvalue weighted by Crippen LogP contribution is -2.29. The number of aromatic amines is 1. The molecule has 0 aliphatic heterocycles. The number of benzene rings is 1. The SMILES string of the molecule is CSc1nc(NC(C)c2nn3ccc(Cl)c3c(=O)n2-c2ccccc2)c2c(=O)nc[nH]c2n1. The third kappa shape index (κ3) is 3.64. The Morgan fingerprint density at radius 3 is 2.70 bits per heavy atom. The molecular formula is C21H17ClN8O2S. The molecule has 4 heterocycles. The van der Waals surface area contributed by atoms with Crippen LogP contribution in [0.15, 0.2) is 63.7 Å². The maximum atomic E-state index is 13.5. The van der Waals surface area contributed by atoms with Gasteiger partial charge in [-0.2, -0.15) is 10.1 Å². The molecule has 1 unspecified atom stereocenters. The molecule has 0 radical (unpaired) electrons. The number of rotatable bonds is 5. The van der Waals surface area contributed by atoms with Crippen LogP contribution in [0.5, 0.6) is 0 Å². The van der Waals surface area contributed by atoms with Gasteiger partial charge in [0.1, 0.15) is 16.7 Å². The first kappa shape index (κ1) is 21.2. The molecule has 10 nitrogen and oxygen atoms in total. The van der Waals surface area contributed by atoms with Gasteiger partial charge in [-0.05, 0) is 31.4 Å². The highest BCUT2D eigenvalue weighted by molar-refractivity contribution is 7.98. The average molecular weight is 481 g/mol. The molecule has 5 aromatic rings. The van der Waals surface area contributed by atoms with E-state index in [1.165, 1.54) is 27.2 Å². The Kier molecular flexibility index (Phi) is 5.35. The lowest BCUT2D eigenvalue weighted by Gasteiger charge is -2.20. The van der Waals surface area contributed by atoms with E-state index >= 15 is 0 Å². The molecule has 1 atom stereocenters. The van der Waals surface area contributed by atoms with Gasteiger partial charge in [0.25, 0.3) is 11.1 Å². The monoisotopic (exact) mass is 480 g/mol. The molecule has 1 aromatic carbocycles. The Bertz CT molecular complexity index is 1610. The van der Waals surface area contributed by atoms with E-state index in [9.17, 15) is 9.59 Å². The lowest BCUT2D eigenvalue weighted by atomic mass is 10.2. The van der Waals surface area contributed by atoms with Crippen molar-refractivity contribution in [2.24, 2.45) is 0 Å². The summed E-state index contributed by atoms with van der Waals surface area (Å²) in [6, 6.07) is 10.2. The number of fused-ring (bicyclic) bond motifs is 2. The normalized spacial score (nSPS) is 12.3. The number of anilines is 1. The zero-order chi connectivity index (χ0) is 23.1. The van der Waals surface area contributed by atoms with E-state index in [0.717, 1.165) is 0 Å². The topological polar surface area (TPSA) is 123 Å². The molecule has 0 spiro atoms. The molecule has 5 rings (SSSR count). The van der Waals surface area contributed by atoms with Crippen molar-refractivity contribution in [1.82, 2.24) is 34.1 Å². The maximum Gasteiger partial charge on any atom is 0.285 e. The number of nitrogens with zero attached hydrogens (tertiary/aromatic N) is 6. The summed E-state index contributed by atoms with van der Waals surface area (Å²) in [5, 5.41) is 8.90. The van der Waals surface area contributed by atoms with Crippen LogP contribution < -0.4 is 16.4 Å². The molecule has 33 heavy (non-hydrogen) atoms. The molecule has 0 saturated carbocycles. The number of aromatic nitrogens is 7. The molecular weight excluding hydrogens is 464 g/mol. The average Bonchev–Trinajstić information content (AvgIpc) is 3.20. The standard InChI is InChI=1S/C21H17ClN8O2S/c1-11(25-17-14-16(23-10-24-19(14)31)26-21(27-17)33-2)18-28-29-9-8-13(22)15(29)20(32)30(18)12-6-4-3-5-7-12/h3-11H,1-2H3,(H2,23,24,25,26,27,31). The van der Waals surface area contributed by atoms with Gasteiger partial charge in [-0.3, -0.25) is 14.2 Å². The highest BCUT2D eigenvalue weighted by Crippen LogP contribution is 2.25. The first-order valence-electron chi connectivity index (χ1n) is 9.89. The van der Waals surface area contributed by atoms with Crippen molar-refractivity contribution in [1.29, 1.82) is 0 Å². The van der Waals surface area contributed by atoms with Gasteiger partial charge in [-0.25, -0.2) is 14.5 Å². The number of halogens is 1. The third-order valence-electron chi connectivity index (χ3n) is 5.09. The van der Waals surface area contributed by atoms with Gasteiger partial charge in [0.15, 0.2) is 16.6 Å². The molecule has 0 fully saturated rings.